The Balaban J connectivity index is 0.000000364. The van der Waals surface area contributed by atoms with Crippen LogP contribution in [0.25, 0.3) is 0 Å². The van der Waals surface area contributed by atoms with Crippen molar-refractivity contribution in [3.63, 3.8) is 0 Å². The van der Waals surface area contributed by atoms with Crippen molar-refractivity contribution < 1.29 is 0 Å². The monoisotopic (exact) mass is 388 g/mol. The molecule has 0 spiro atoms. The van der Waals surface area contributed by atoms with E-state index in [1.165, 1.54) is 0 Å². The predicted octanol–water partition coefficient (Wildman–Crippen LogP) is 2.83. The SMILES string of the molecule is [Ba+2].[C-]#Cc1ccc(C#C)cc1.[C-]#Cc1ccc(C#C)cc1. The first-order valence-corrected chi connectivity index (χ1v) is 5.72. The first-order valence-electron chi connectivity index (χ1n) is 5.72. The molecule has 0 aromatic heterocycles. The van der Waals surface area contributed by atoms with E-state index >= 15 is 0 Å². The maximum Gasteiger partial charge on any atom is 2.00 e. The Morgan fingerprint density at radius 1 is 0.571 bits per heavy atom. The third-order valence-electron chi connectivity index (χ3n) is 2.39. The number of rotatable bonds is 0. The molecule has 0 aliphatic rings. The van der Waals surface area contributed by atoms with Crippen LogP contribution in [0.5, 0.6) is 0 Å². The second-order valence-electron chi connectivity index (χ2n) is 3.69. The molecule has 0 aliphatic heterocycles. The molecule has 2 aromatic carbocycles. The Kier molecular flexibility index (Phi) is 10.1. The van der Waals surface area contributed by atoms with Crippen molar-refractivity contribution in [2.24, 2.45) is 0 Å². The molecule has 0 heterocycles. The maximum absolute atomic E-state index is 6.77. The summed E-state index contributed by atoms with van der Waals surface area (Å²) >= 11 is 0. The van der Waals surface area contributed by atoms with E-state index in [1.807, 2.05) is 0 Å². The van der Waals surface area contributed by atoms with Crippen LogP contribution in [-0.2, 0) is 0 Å². The van der Waals surface area contributed by atoms with Crippen LogP contribution in [0.1, 0.15) is 22.3 Å². The fraction of sp³-hybridized carbons (Fsp3) is 0. The average molecular weight is 388 g/mol. The molecule has 0 nitrogen and oxygen atoms in total. The topological polar surface area (TPSA) is 0 Å². The molecule has 0 radical (unpaired) electrons. The molecule has 0 saturated carbocycles. The summed E-state index contributed by atoms with van der Waals surface area (Å²) in [4.78, 5) is 0. The molecule has 0 unspecified atom stereocenters. The van der Waals surface area contributed by atoms with E-state index in [2.05, 4.69) is 23.7 Å². The van der Waals surface area contributed by atoms with Gasteiger partial charge in [0, 0.05) is 11.1 Å². The van der Waals surface area contributed by atoms with Crippen molar-refractivity contribution in [2.75, 3.05) is 0 Å². The quantitative estimate of drug-likeness (QED) is 0.370. The van der Waals surface area contributed by atoms with E-state index in [9.17, 15) is 0 Å². The van der Waals surface area contributed by atoms with E-state index in [4.69, 9.17) is 25.7 Å². The molecule has 21 heavy (non-hydrogen) atoms. The first-order chi connectivity index (χ1) is 9.73. The zero-order valence-corrected chi connectivity index (χ0v) is 15.9. The van der Waals surface area contributed by atoms with E-state index < -0.39 is 0 Å². The number of hydrogen-bond acceptors (Lipinski definition) is 0. The largest absolute Gasteiger partial charge is 2.00 e. The van der Waals surface area contributed by atoms with Crippen LogP contribution in [0.2, 0.25) is 0 Å². The van der Waals surface area contributed by atoms with E-state index in [1.54, 1.807) is 48.5 Å². The molecule has 0 saturated heterocycles. The second kappa shape index (κ2) is 11.0. The van der Waals surface area contributed by atoms with Gasteiger partial charge in [-0.3, -0.25) is 11.8 Å². The molecular formula is C20H10Ba. The summed E-state index contributed by atoms with van der Waals surface area (Å²) in [6.07, 6.45) is 23.8. The summed E-state index contributed by atoms with van der Waals surface area (Å²) in [6.45, 7) is 0. The van der Waals surface area contributed by atoms with Gasteiger partial charge < -0.3 is 12.8 Å². The summed E-state index contributed by atoms with van der Waals surface area (Å²) in [7, 11) is 0. The summed E-state index contributed by atoms with van der Waals surface area (Å²) in [6, 6.07) is 14.2. The van der Waals surface area contributed by atoms with Crippen molar-refractivity contribution in [3.05, 3.63) is 83.6 Å². The van der Waals surface area contributed by atoms with Crippen LogP contribution in [0.4, 0.5) is 0 Å². The van der Waals surface area contributed by atoms with Crippen LogP contribution >= 0.6 is 0 Å². The molecule has 0 N–H and O–H groups in total. The van der Waals surface area contributed by atoms with Gasteiger partial charge in [0.15, 0.2) is 0 Å². The summed E-state index contributed by atoms with van der Waals surface area (Å²) in [5.41, 5.74) is 3.16. The van der Waals surface area contributed by atoms with E-state index in [-0.39, 0.29) is 48.9 Å². The molecule has 0 atom stereocenters. The Morgan fingerprint density at radius 2 is 0.810 bits per heavy atom. The van der Waals surface area contributed by atoms with E-state index in [0.717, 1.165) is 22.3 Å². The zero-order chi connectivity index (χ0) is 14.8. The van der Waals surface area contributed by atoms with Crippen LogP contribution < -0.4 is 0 Å². The molecule has 0 bridgehead atoms. The minimum absolute atomic E-state index is 0. The van der Waals surface area contributed by atoms with Gasteiger partial charge in [-0.25, -0.2) is 0 Å². The number of hydrogen-bond donors (Lipinski definition) is 0. The van der Waals surface area contributed by atoms with Crippen LogP contribution in [-0.4, -0.2) is 48.9 Å². The molecule has 0 amide bonds. The van der Waals surface area contributed by atoms with Gasteiger partial charge in [-0.05, 0) is 0 Å². The van der Waals surface area contributed by atoms with Gasteiger partial charge in [0.2, 0.25) is 0 Å². The molecular weight excluding hydrogens is 378 g/mol. The van der Waals surface area contributed by atoms with Gasteiger partial charge in [0.05, 0.1) is 0 Å². The Labute approximate surface area is 167 Å². The fourth-order valence-corrected chi connectivity index (χ4v) is 1.30. The predicted molar refractivity (Wildman–Crippen MR) is 87.0 cm³/mol. The van der Waals surface area contributed by atoms with E-state index in [0.29, 0.717) is 0 Å². The summed E-state index contributed by atoms with van der Waals surface area (Å²) < 4.78 is 0. The Morgan fingerprint density at radius 3 is 1.00 bits per heavy atom. The zero-order valence-electron chi connectivity index (χ0n) is 11.5. The first kappa shape index (κ1) is 19.3. The number of terminal acetylenes is 2. The minimum Gasteiger partial charge on any atom is -0.366 e. The average Bonchev–Trinajstić information content (AvgIpc) is 2.55. The van der Waals surface area contributed by atoms with Crippen molar-refractivity contribution in [3.8, 4) is 36.5 Å². The third-order valence-corrected chi connectivity index (χ3v) is 2.39. The minimum atomic E-state index is 0. The van der Waals surface area contributed by atoms with Crippen molar-refractivity contribution in [1.82, 2.24) is 0 Å². The van der Waals surface area contributed by atoms with Crippen molar-refractivity contribution in [2.45, 2.75) is 0 Å². The summed E-state index contributed by atoms with van der Waals surface area (Å²) in [5, 5.41) is 0. The molecule has 2 rings (SSSR count). The second-order valence-corrected chi connectivity index (χ2v) is 3.69. The van der Waals surface area contributed by atoms with Gasteiger partial charge in [-0.1, -0.05) is 36.1 Å². The summed E-state index contributed by atoms with van der Waals surface area (Å²) in [5.74, 6) is 9.50. The van der Waals surface area contributed by atoms with Crippen LogP contribution in [0, 0.1) is 49.4 Å². The van der Waals surface area contributed by atoms with Gasteiger partial charge in [-0.15, -0.1) is 48.2 Å². The van der Waals surface area contributed by atoms with Crippen LogP contribution in [0.15, 0.2) is 48.5 Å². The normalized spacial score (nSPS) is 7.43. The third kappa shape index (κ3) is 6.99. The molecule has 1 heteroatoms. The smallest absolute Gasteiger partial charge is 0.366 e. The molecule has 2 aromatic rings. The molecule has 0 aliphatic carbocycles. The van der Waals surface area contributed by atoms with Gasteiger partial charge >= 0.3 is 48.9 Å². The Bertz CT molecular complexity index is 588. The van der Waals surface area contributed by atoms with Gasteiger partial charge in [-0.2, -0.15) is 0 Å². The van der Waals surface area contributed by atoms with Crippen LogP contribution in [0.3, 0.4) is 0 Å². The fourth-order valence-electron chi connectivity index (χ4n) is 1.30. The van der Waals surface area contributed by atoms with Gasteiger partial charge in [0.25, 0.3) is 0 Å². The maximum atomic E-state index is 6.77. The molecule has 0 fully saturated rings. The van der Waals surface area contributed by atoms with Crippen molar-refractivity contribution >= 4 is 48.9 Å². The Hall–Kier alpha value is -1.75. The number of benzene rings is 2. The van der Waals surface area contributed by atoms with Crippen molar-refractivity contribution in [1.29, 1.82) is 0 Å². The van der Waals surface area contributed by atoms with Gasteiger partial charge in [0.1, 0.15) is 0 Å². The standard InChI is InChI=1S/2C10H5.Ba/c2*1-3-9-5-7-10(4-2)8-6-9;/h2*1,5-8H;/q2*-1;+2. The molecule has 92 valence electrons.